The van der Waals surface area contributed by atoms with E-state index in [1.165, 1.54) is 0 Å². The molecule has 0 amide bonds. The van der Waals surface area contributed by atoms with Crippen LogP contribution in [0.3, 0.4) is 0 Å². The molecule has 0 saturated heterocycles. The fraction of sp³-hybridized carbons (Fsp3) is 0.429. The smallest absolute Gasteiger partial charge is 0.161 e. The molecule has 1 aliphatic carbocycles. The van der Waals surface area contributed by atoms with Crippen molar-refractivity contribution >= 4 is 11.5 Å². The maximum atomic E-state index is 10.8. The predicted octanol–water partition coefficient (Wildman–Crippen LogP) is 1.88. The lowest BCUT2D eigenvalue weighted by Gasteiger charge is -2.12. The summed E-state index contributed by atoms with van der Waals surface area (Å²) in [6.45, 7) is 0.961. The Labute approximate surface area is 106 Å². The lowest BCUT2D eigenvalue weighted by atomic mass is 10.1. The first-order valence-corrected chi connectivity index (χ1v) is 5.87. The largest absolute Gasteiger partial charge is 0.493 e. The summed E-state index contributed by atoms with van der Waals surface area (Å²) in [5, 5.41) is 0. The molecule has 0 aromatic heterocycles. The number of allylic oxidation sites excluding steroid dienone is 1. The molecule has 0 bridgehead atoms. The number of fused-ring (bicyclic) bond motifs is 1. The van der Waals surface area contributed by atoms with E-state index in [0.717, 1.165) is 24.0 Å². The Morgan fingerprint density at radius 2 is 2.00 bits per heavy atom. The van der Waals surface area contributed by atoms with E-state index in [4.69, 9.17) is 14.2 Å². The molecule has 2 rings (SSSR count). The van der Waals surface area contributed by atoms with Crippen molar-refractivity contribution in [2.24, 2.45) is 0 Å². The van der Waals surface area contributed by atoms with Crippen molar-refractivity contribution < 1.29 is 19.0 Å². The van der Waals surface area contributed by atoms with Crippen LogP contribution in [0.25, 0.3) is 5.57 Å². The van der Waals surface area contributed by atoms with Crippen LogP contribution in [0.5, 0.6) is 11.5 Å². The van der Waals surface area contributed by atoms with Gasteiger partial charge in [-0.1, -0.05) is 0 Å². The van der Waals surface area contributed by atoms with Crippen molar-refractivity contribution in [3.63, 3.8) is 0 Å². The number of benzene rings is 1. The summed E-state index contributed by atoms with van der Waals surface area (Å²) in [5.41, 5.74) is 2.76. The molecule has 0 N–H and O–H groups in total. The third-order valence-corrected chi connectivity index (χ3v) is 3.03. The van der Waals surface area contributed by atoms with E-state index in [1.807, 2.05) is 18.1 Å². The Bertz CT molecular complexity index is 487. The van der Waals surface area contributed by atoms with Crippen LogP contribution in [-0.2, 0) is 16.0 Å². The summed E-state index contributed by atoms with van der Waals surface area (Å²) >= 11 is 0. The standard InChI is InChI=1S/C14H16O4/c1-16-5-6-18-14-8-12-10(7-13(14)17-2)3-4-11(12)9-15/h7-8H,3-6H2,1-2H3. The van der Waals surface area contributed by atoms with Crippen molar-refractivity contribution in [1.29, 1.82) is 0 Å². The van der Waals surface area contributed by atoms with Gasteiger partial charge >= 0.3 is 0 Å². The van der Waals surface area contributed by atoms with Gasteiger partial charge in [0.2, 0.25) is 0 Å². The minimum Gasteiger partial charge on any atom is -0.493 e. The summed E-state index contributed by atoms with van der Waals surface area (Å²) in [7, 11) is 3.23. The number of ether oxygens (including phenoxy) is 3. The van der Waals surface area contributed by atoms with Gasteiger partial charge in [-0.25, -0.2) is 4.79 Å². The molecular weight excluding hydrogens is 232 g/mol. The molecule has 0 heterocycles. The third-order valence-electron chi connectivity index (χ3n) is 3.03. The number of carbonyl (C=O) groups excluding carboxylic acids is 1. The van der Waals surface area contributed by atoms with Gasteiger partial charge in [0.1, 0.15) is 12.5 Å². The number of methoxy groups -OCH3 is 2. The highest BCUT2D eigenvalue weighted by atomic mass is 16.5. The van der Waals surface area contributed by atoms with Crippen LogP contribution in [-0.4, -0.2) is 33.4 Å². The van der Waals surface area contributed by atoms with Gasteiger partial charge in [-0.3, -0.25) is 0 Å². The molecule has 18 heavy (non-hydrogen) atoms. The molecule has 0 radical (unpaired) electrons. The minimum absolute atomic E-state index is 0.450. The molecule has 96 valence electrons. The number of hydrogen-bond donors (Lipinski definition) is 0. The highest BCUT2D eigenvalue weighted by molar-refractivity contribution is 5.91. The molecule has 4 nitrogen and oxygen atoms in total. The minimum atomic E-state index is 0.450. The van der Waals surface area contributed by atoms with Crippen LogP contribution in [0, 0.1) is 0 Å². The first kappa shape index (κ1) is 12.7. The molecule has 1 aromatic rings. The van der Waals surface area contributed by atoms with Gasteiger partial charge in [0.25, 0.3) is 0 Å². The number of rotatable bonds is 5. The van der Waals surface area contributed by atoms with E-state index in [9.17, 15) is 4.79 Å². The van der Waals surface area contributed by atoms with Crippen LogP contribution >= 0.6 is 0 Å². The molecule has 0 spiro atoms. The van der Waals surface area contributed by atoms with Crippen LogP contribution < -0.4 is 9.47 Å². The fourth-order valence-electron chi connectivity index (χ4n) is 2.10. The molecule has 0 aliphatic heterocycles. The first-order chi connectivity index (χ1) is 8.80. The van der Waals surface area contributed by atoms with E-state index in [0.29, 0.717) is 30.3 Å². The Balaban J connectivity index is 2.31. The number of aryl methyl sites for hydroxylation is 1. The Hall–Kier alpha value is -1.77. The molecule has 1 aliphatic rings. The Morgan fingerprint density at radius 1 is 1.17 bits per heavy atom. The monoisotopic (exact) mass is 248 g/mol. The lowest BCUT2D eigenvalue weighted by Crippen LogP contribution is -2.05. The van der Waals surface area contributed by atoms with Gasteiger partial charge < -0.3 is 14.2 Å². The van der Waals surface area contributed by atoms with Crippen molar-refractivity contribution in [2.45, 2.75) is 12.8 Å². The summed E-state index contributed by atoms with van der Waals surface area (Å²) in [6.07, 6.45) is 1.60. The van der Waals surface area contributed by atoms with Gasteiger partial charge in [-0.05, 0) is 36.1 Å². The summed E-state index contributed by atoms with van der Waals surface area (Å²) in [6, 6.07) is 3.79. The molecular formula is C14H16O4. The molecule has 4 heteroatoms. The van der Waals surface area contributed by atoms with E-state index < -0.39 is 0 Å². The molecule has 0 fully saturated rings. The van der Waals surface area contributed by atoms with Crippen LogP contribution in [0.1, 0.15) is 17.5 Å². The second-order valence-electron chi connectivity index (χ2n) is 4.08. The van der Waals surface area contributed by atoms with E-state index in [-0.39, 0.29) is 0 Å². The normalized spacial score (nSPS) is 13.1. The van der Waals surface area contributed by atoms with Crippen molar-refractivity contribution in [3.8, 4) is 11.5 Å². The molecule has 0 unspecified atom stereocenters. The highest BCUT2D eigenvalue weighted by Crippen LogP contribution is 2.38. The molecule has 1 aromatic carbocycles. The van der Waals surface area contributed by atoms with Crippen LogP contribution in [0.2, 0.25) is 0 Å². The first-order valence-electron chi connectivity index (χ1n) is 5.87. The number of hydrogen-bond acceptors (Lipinski definition) is 4. The fourth-order valence-corrected chi connectivity index (χ4v) is 2.10. The van der Waals surface area contributed by atoms with Gasteiger partial charge in [-0.2, -0.15) is 0 Å². The average molecular weight is 248 g/mol. The zero-order valence-electron chi connectivity index (χ0n) is 10.6. The summed E-state index contributed by atoms with van der Waals surface area (Å²) < 4.78 is 15.8. The zero-order valence-corrected chi connectivity index (χ0v) is 10.6. The zero-order chi connectivity index (χ0) is 13.0. The van der Waals surface area contributed by atoms with Crippen LogP contribution in [0.15, 0.2) is 12.1 Å². The summed E-state index contributed by atoms with van der Waals surface area (Å²) in [4.78, 5) is 10.8. The third kappa shape index (κ3) is 2.40. The molecule has 0 atom stereocenters. The van der Waals surface area contributed by atoms with Gasteiger partial charge in [0, 0.05) is 12.7 Å². The van der Waals surface area contributed by atoms with Gasteiger partial charge in [0.05, 0.1) is 13.7 Å². The van der Waals surface area contributed by atoms with Crippen LogP contribution in [0.4, 0.5) is 0 Å². The second-order valence-corrected chi connectivity index (χ2v) is 4.08. The SMILES string of the molecule is COCCOc1cc2c(cc1OC)CCC2=C=O. The Kier molecular flexibility index (Phi) is 4.03. The lowest BCUT2D eigenvalue weighted by molar-refractivity contribution is 0.144. The van der Waals surface area contributed by atoms with Crippen molar-refractivity contribution in [3.05, 3.63) is 23.3 Å². The average Bonchev–Trinajstić information content (AvgIpc) is 2.80. The second kappa shape index (κ2) is 5.71. The highest BCUT2D eigenvalue weighted by Gasteiger charge is 2.20. The molecule has 0 saturated carbocycles. The van der Waals surface area contributed by atoms with Crippen molar-refractivity contribution in [2.75, 3.05) is 27.4 Å². The van der Waals surface area contributed by atoms with Gasteiger partial charge in [0.15, 0.2) is 11.5 Å². The van der Waals surface area contributed by atoms with Crippen molar-refractivity contribution in [1.82, 2.24) is 0 Å². The predicted molar refractivity (Wildman–Crippen MR) is 67.8 cm³/mol. The maximum Gasteiger partial charge on any atom is 0.161 e. The van der Waals surface area contributed by atoms with E-state index >= 15 is 0 Å². The van der Waals surface area contributed by atoms with E-state index in [2.05, 4.69) is 0 Å². The topological polar surface area (TPSA) is 44.8 Å². The van der Waals surface area contributed by atoms with Gasteiger partial charge in [-0.15, -0.1) is 0 Å². The van der Waals surface area contributed by atoms with E-state index in [1.54, 1.807) is 14.2 Å². The quantitative estimate of drug-likeness (QED) is 0.589. The maximum absolute atomic E-state index is 10.8. The Morgan fingerprint density at radius 3 is 2.67 bits per heavy atom. The summed E-state index contributed by atoms with van der Waals surface area (Å²) in [5.74, 6) is 3.33.